The summed E-state index contributed by atoms with van der Waals surface area (Å²) in [5.74, 6) is -0.0168. The smallest absolute Gasteiger partial charge is 0.268 e. The van der Waals surface area contributed by atoms with Crippen LogP contribution in [0.25, 0.3) is 5.57 Å². The van der Waals surface area contributed by atoms with Gasteiger partial charge < -0.3 is 0 Å². The molecule has 0 radical (unpaired) electrons. The Labute approximate surface area is 157 Å². The van der Waals surface area contributed by atoms with E-state index < -0.39 is 16.1 Å². The minimum absolute atomic E-state index is 0.370. The standard InChI is InChI=1S/C18H23BrN2O3S/c1-21(2)25(23,24)20-18(22)13-8-9-15-14(10-13)11-16(19)17(15)12-6-4-3-5-7-12/h8-10,12H,3-7,11H2,1-2H3,(H,20,22). The van der Waals surface area contributed by atoms with Gasteiger partial charge in [0.2, 0.25) is 0 Å². The molecule has 0 unspecified atom stereocenters. The van der Waals surface area contributed by atoms with Gasteiger partial charge in [0, 0.05) is 30.6 Å². The van der Waals surface area contributed by atoms with Crippen LogP contribution in [0.1, 0.15) is 53.6 Å². The molecule has 1 aromatic carbocycles. The third-order valence-electron chi connectivity index (χ3n) is 5.01. The monoisotopic (exact) mass is 426 g/mol. The number of rotatable bonds is 4. The van der Waals surface area contributed by atoms with E-state index in [0.29, 0.717) is 11.5 Å². The highest BCUT2D eigenvalue weighted by Crippen LogP contribution is 2.45. The van der Waals surface area contributed by atoms with Gasteiger partial charge in [0.15, 0.2) is 0 Å². The lowest BCUT2D eigenvalue weighted by Gasteiger charge is -2.24. The fourth-order valence-corrected chi connectivity index (χ4v) is 5.03. The highest BCUT2D eigenvalue weighted by Gasteiger charge is 2.28. The van der Waals surface area contributed by atoms with Crippen molar-refractivity contribution < 1.29 is 13.2 Å². The highest BCUT2D eigenvalue weighted by atomic mass is 79.9. The average Bonchev–Trinajstić information content (AvgIpc) is 2.89. The SMILES string of the molecule is CN(C)S(=O)(=O)NC(=O)c1ccc2c(c1)CC(Br)=C2C1CCCCC1. The first-order valence-corrected chi connectivity index (χ1v) is 10.8. The van der Waals surface area contributed by atoms with Crippen LogP contribution in [-0.2, 0) is 16.6 Å². The summed E-state index contributed by atoms with van der Waals surface area (Å²) in [7, 11) is -1.01. The van der Waals surface area contributed by atoms with E-state index in [9.17, 15) is 13.2 Å². The Morgan fingerprint density at radius 2 is 1.88 bits per heavy atom. The Balaban J connectivity index is 1.83. The summed E-state index contributed by atoms with van der Waals surface area (Å²) in [4.78, 5) is 12.3. The van der Waals surface area contributed by atoms with Crippen molar-refractivity contribution in [2.75, 3.05) is 14.1 Å². The van der Waals surface area contributed by atoms with Gasteiger partial charge in [0.05, 0.1) is 0 Å². The molecule has 2 aliphatic rings. The molecule has 0 bridgehead atoms. The molecule has 1 amide bonds. The second-order valence-electron chi connectivity index (χ2n) is 6.92. The van der Waals surface area contributed by atoms with Gasteiger partial charge in [-0.25, -0.2) is 4.72 Å². The molecule has 136 valence electrons. The predicted molar refractivity (Wildman–Crippen MR) is 103 cm³/mol. The topological polar surface area (TPSA) is 66.5 Å². The van der Waals surface area contributed by atoms with E-state index in [0.717, 1.165) is 16.3 Å². The van der Waals surface area contributed by atoms with Gasteiger partial charge in [-0.2, -0.15) is 12.7 Å². The van der Waals surface area contributed by atoms with E-state index >= 15 is 0 Å². The number of carbonyl (C=O) groups excluding carboxylic acids is 1. The van der Waals surface area contributed by atoms with Gasteiger partial charge in [-0.3, -0.25) is 4.79 Å². The number of hydrogen-bond acceptors (Lipinski definition) is 3. The van der Waals surface area contributed by atoms with Gasteiger partial charge in [-0.1, -0.05) is 41.3 Å². The van der Waals surface area contributed by atoms with Crippen molar-refractivity contribution in [3.05, 3.63) is 39.4 Å². The molecule has 25 heavy (non-hydrogen) atoms. The van der Waals surface area contributed by atoms with Gasteiger partial charge in [-0.05, 0) is 47.6 Å². The first-order chi connectivity index (χ1) is 11.8. The number of amides is 1. The van der Waals surface area contributed by atoms with Gasteiger partial charge in [0.1, 0.15) is 0 Å². The number of allylic oxidation sites excluding steroid dienone is 2. The Morgan fingerprint density at radius 1 is 1.20 bits per heavy atom. The normalized spacial score (nSPS) is 18.6. The summed E-state index contributed by atoms with van der Waals surface area (Å²) in [5.41, 5.74) is 4.03. The van der Waals surface area contributed by atoms with Crippen molar-refractivity contribution in [3.63, 3.8) is 0 Å². The molecule has 5 nitrogen and oxygen atoms in total. The molecule has 0 aromatic heterocycles. The van der Waals surface area contributed by atoms with Crippen molar-refractivity contribution >= 4 is 37.6 Å². The minimum atomic E-state index is -3.78. The lowest BCUT2D eigenvalue weighted by molar-refractivity contribution is 0.0979. The fraction of sp³-hybridized carbons (Fsp3) is 0.500. The van der Waals surface area contributed by atoms with Crippen molar-refractivity contribution in [2.24, 2.45) is 5.92 Å². The summed E-state index contributed by atoms with van der Waals surface area (Å²) in [6.45, 7) is 0. The molecule has 1 aromatic rings. The third-order valence-corrected chi connectivity index (χ3v) is 7.12. The second kappa shape index (κ2) is 7.21. The van der Waals surface area contributed by atoms with Gasteiger partial charge >= 0.3 is 10.2 Å². The molecule has 0 spiro atoms. The van der Waals surface area contributed by atoms with E-state index in [1.807, 2.05) is 12.1 Å². The fourth-order valence-electron chi connectivity index (χ4n) is 3.65. The summed E-state index contributed by atoms with van der Waals surface area (Å²) in [6, 6.07) is 5.49. The van der Waals surface area contributed by atoms with Crippen molar-refractivity contribution in [3.8, 4) is 0 Å². The Kier molecular flexibility index (Phi) is 5.37. The van der Waals surface area contributed by atoms with Crippen molar-refractivity contribution in [1.82, 2.24) is 9.03 Å². The van der Waals surface area contributed by atoms with Crippen LogP contribution in [0.3, 0.4) is 0 Å². The molecule has 0 heterocycles. The van der Waals surface area contributed by atoms with Gasteiger partial charge in [-0.15, -0.1) is 0 Å². The van der Waals surface area contributed by atoms with Crippen molar-refractivity contribution in [2.45, 2.75) is 38.5 Å². The Morgan fingerprint density at radius 3 is 2.52 bits per heavy atom. The van der Waals surface area contributed by atoms with Crippen LogP contribution in [0.5, 0.6) is 0 Å². The first-order valence-electron chi connectivity index (χ1n) is 8.56. The number of nitrogens with one attached hydrogen (secondary N) is 1. The van der Waals surface area contributed by atoms with Crippen LogP contribution in [0, 0.1) is 5.92 Å². The third kappa shape index (κ3) is 3.83. The summed E-state index contributed by atoms with van der Waals surface area (Å²) >= 11 is 3.73. The number of nitrogens with zero attached hydrogens (tertiary/aromatic N) is 1. The maximum Gasteiger partial charge on any atom is 0.303 e. The molecule has 1 fully saturated rings. The van der Waals surface area contributed by atoms with E-state index in [-0.39, 0.29) is 0 Å². The molecule has 0 aliphatic heterocycles. The first kappa shape index (κ1) is 18.6. The Bertz CT molecular complexity index is 825. The van der Waals surface area contributed by atoms with Crippen LogP contribution >= 0.6 is 15.9 Å². The van der Waals surface area contributed by atoms with Crippen LogP contribution in [0.2, 0.25) is 0 Å². The summed E-state index contributed by atoms with van der Waals surface area (Å²) in [6.07, 6.45) is 7.05. The lowest BCUT2D eigenvalue weighted by atomic mass is 9.81. The number of carbonyl (C=O) groups is 1. The molecule has 7 heteroatoms. The van der Waals surface area contributed by atoms with Gasteiger partial charge in [0.25, 0.3) is 5.91 Å². The molecular weight excluding hydrogens is 404 g/mol. The van der Waals surface area contributed by atoms with Crippen molar-refractivity contribution in [1.29, 1.82) is 0 Å². The molecule has 3 rings (SSSR count). The average molecular weight is 427 g/mol. The van der Waals surface area contributed by atoms with E-state index in [1.54, 1.807) is 6.07 Å². The Hall–Kier alpha value is -1.18. The maximum absolute atomic E-state index is 12.3. The van der Waals surface area contributed by atoms with Crippen LogP contribution in [-0.4, -0.2) is 32.7 Å². The predicted octanol–water partition coefficient (Wildman–Crippen LogP) is 3.47. The van der Waals surface area contributed by atoms with Crippen LogP contribution in [0.15, 0.2) is 22.7 Å². The van der Waals surface area contributed by atoms with Crippen LogP contribution in [0.4, 0.5) is 0 Å². The highest BCUT2D eigenvalue weighted by molar-refractivity contribution is 9.11. The second-order valence-corrected chi connectivity index (χ2v) is 9.76. The molecule has 0 saturated heterocycles. The lowest BCUT2D eigenvalue weighted by Crippen LogP contribution is -2.39. The molecule has 1 saturated carbocycles. The number of hydrogen-bond donors (Lipinski definition) is 1. The number of fused-ring (bicyclic) bond motifs is 1. The minimum Gasteiger partial charge on any atom is -0.268 e. The zero-order chi connectivity index (χ0) is 18.2. The molecule has 2 aliphatic carbocycles. The zero-order valence-corrected chi connectivity index (χ0v) is 16.9. The van der Waals surface area contributed by atoms with E-state index in [4.69, 9.17) is 0 Å². The van der Waals surface area contributed by atoms with E-state index in [2.05, 4.69) is 20.7 Å². The molecule has 1 N–H and O–H groups in total. The number of halogens is 1. The number of benzene rings is 1. The van der Waals surface area contributed by atoms with E-state index in [1.165, 1.54) is 61.8 Å². The molecular formula is C18H23BrN2O3S. The molecule has 0 atom stereocenters. The quantitative estimate of drug-likeness (QED) is 0.801. The maximum atomic E-state index is 12.3. The summed E-state index contributed by atoms with van der Waals surface area (Å²) in [5, 5.41) is 0. The zero-order valence-electron chi connectivity index (χ0n) is 14.5. The summed E-state index contributed by atoms with van der Waals surface area (Å²) < 4.78 is 27.9. The largest absolute Gasteiger partial charge is 0.303 e. The van der Waals surface area contributed by atoms with Crippen LogP contribution < -0.4 is 4.72 Å².